The van der Waals surface area contributed by atoms with E-state index in [1.54, 1.807) is 17.0 Å². The summed E-state index contributed by atoms with van der Waals surface area (Å²) in [6, 6.07) is 9.92. The second-order valence-corrected chi connectivity index (χ2v) is 6.37. The fourth-order valence-corrected chi connectivity index (χ4v) is 3.08. The zero-order chi connectivity index (χ0) is 19.4. The van der Waals surface area contributed by atoms with Gasteiger partial charge in [-0.25, -0.2) is 4.39 Å². The Labute approximate surface area is 157 Å². The number of halogens is 1. The van der Waals surface area contributed by atoms with Gasteiger partial charge < -0.3 is 15.0 Å². The number of anilines is 2. The van der Waals surface area contributed by atoms with Crippen LogP contribution in [0.2, 0.25) is 0 Å². The number of ether oxygens (including phenoxy) is 1. The highest BCUT2D eigenvalue weighted by atomic mass is 19.1. The van der Waals surface area contributed by atoms with Crippen LogP contribution in [-0.4, -0.2) is 25.5 Å². The predicted molar refractivity (Wildman–Crippen MR) is 103 cm³/mol. The van der Waals surface area contributed by atoms with Crippen molar-refractivity contribution < 1.29 is 18.7 Å². The van der Waals surface area contributed by atoms with Crippen LogP contribution in [-0.2, 0) is 9.59 Å². The van der Waals surface area contributed by atoms with Crippen molar-refractivity contribution in [2.24, 2.45) is 0 Å². The Hall–Kier alpha value is -3.15. The van der Waals surface area contributed by atoms with Crippen LogP contribution in [0.4, 0.5) is 15.8 Å². The summed E-state index contributed by atoms with van der Waals surface area (Å²) in [7, 11) is 1.40. The number of nitrogens with zero attached hydrogens (tertiary/aromatic N) is 1. The number of methoxy groups -OCH3 is 1. The molecular formula is C21H21FN2O3. The van der Waals surface area contributed by atoms with Gasteiger partial charge in [-0.1, -0.05) is 6.07 Å². The van der Waals surface area contributed by atoms with Gasteiger partial charge in [0.1, 0.15) is 0 Å². The van der Waals surface area contributed by atoms with E-state index in [9.17, 15) is 14.0 Å². The minimum Gasteiger partial charge on any atom is -0.494 e. The predicted octanol–water partition coefficient (Wildman–Crippen LogP) is 3.92. The van der Waals surface area contributed by atoms with Crippen molar-refractivity contribution in [2.75, 3.05) is 23.9 Å². The maximum atomic E-state index is 13.7. The van der Waals surface area contributed by atoms with Crippen molar-refractivity contribution in [1.82, 2.24) is 0 Å². The molecule has 1 heterocycles. The van der Waals surface area contributed by atoms with Crippen LogP contribution in [0.15, 0.2) is 42.5 Å². The van der Waals surface area contributed by atoms with Gasteiger partial charge in [-0.05, 0) is 60.9 Å². The van der Waals surface area contributed by atoms with E-state index in [-0.39, 0.29) is 17.6 Å². The quantitative estimate of drug-likeness (QED) is 0.814. The molecule has 0 aliphatic carbocycles. The maximum Gasteiger partial charge on any atom is 0.248 e. The van der Waals surface area contributed by atoms with Gasteiger partial charge in [0, 0.05) is 30.4 Å². The van der Waals surface area contributed by atoms with Crippen molar-refractivity contribution in [3.8, 4) is 5.75 Å². The Morgan fingerprint density at radius 3 is 2.70 bits per heavy atom. The third kappa shape index (κ3) is 4.34. The molecule has 1 N–H and O–H groups in total. The van der Waals surface area contributed by atoms with E-state index in [4.69, 9.17) is 4.74 Å². The average Bonchev–Trinajstić information content (AvgIpc) is 3.06. The number of amides is 2. The van der Waals surface area contributed by atoms with E-state index in [0.29, 0.717) is 17.7 Å². The van der Waals surface area contributed by atoms with Gasteiger partial charge in [-0.3, -0.25) is 9.59 Å². The van der Waals surface area contributed by atoms with E-state index < -0.39 is 5.82 Å². The molecule has 0 radical (unpaired) electrons. The third-order valence-corrected chi connectivity index (χ3v) is 4.43. The average molecular weight is 368 g/mol. The highest BCUT2D eigenvalue weighted by Crippen LogP contribution is 2.27. The van der Waals surface area contributed by atoms with Crippen molar-refractivity contribution in [3.63, 3.8) is 0 Å². The highest BCUT2D eigenvalue weighted by molar-refractivity contribution is 6.02. The Morgan fingerprint density at radius 2 is 2.07 bits per heavy atom. The number of aryl methyl sites for hydroxylation is 1. The first-order valence-corrected chi connectivity index (χ1v) is 8.71. The summed E-state index contributed by atoms with van der Waals surface area (Å²) >= 11 is 0. The van der Waals surface area contributed by atoms with Gasteiger partial charge in [-0.15, -0.1) is 0 Å². The van der Waals surface area contributed by atoms with Gasteiger partial charge in [0.25, 0.3) is 0 Å². The molecule has 2 amide bonds. The normalized spacial score (nSPS) is 14.0. The number of nitrogens with one attached hydrogen (secondary N) is 1. The molecule has 0 unspecified atom stereocenters. The van der Waals surface area contributed by atoms with Crippen molar-refractivity contribution in [1.29, 1.82) is 0 Å². The number of hydrogen-bond acceptors (Lipinski definition) is 3. The lowest BCUT2D eigenvalue weighted by Crippen LogP contribution is -2.24. The lowest BCUT2D eigenvalue weighted by atomic mass is 10.1. The summed E-state index contributed by atoms with van der Waals surface area (Å²) in [5.41, 5.74) is 2.99. The Bertz CT molecular complexity index is 908. The molecule has 2 aromatic carbocycles. The minimum absolute atomic E-state index is 0.129. The summed E-state index contributed by atoms with van der Waals surface area (Å²) in [5, 5.41) is 2.77. The Morgan fingerprint density at radius 1 is 1.26 bits per heavy atom. The molecular weight excluding hydrogens is 347 g/mol. The molecule has 1 aliphatic rings. The zero-order valence-corrected chi connectivity index (χ0v) is 15.3. The van der Waals surface area contributed by atoms with Gasteiger partial charge in [0.2, 0.25) is 11.8 Å². The summed E-state index contributed by atoms with van der Waals surface area (Å²) in [6.07, 6.45) is 4.32. The second kappa shape index (κ2) is 8.03. The number of rotatable bonds is 5. The van der Waals surface area contributed by atoms with E-state index in [1.165, 1.54) is 31.4 Å². The van der Waals surface area contributed by atoms with Crippen molar-refractivity contribution >= 4 is 29.3 Å². The minimum atomic E-state index is -0.484. The molecule has 5 nitrogen and oxygen atoms in total. The molecule has 27 heavy (non-hydrogen) atoms. The summed E-state index contributed by atoms with van der Waals surface area (Å²) in [6.45, 7) is 2.64. The lowest BCUT2D eigenvalue weighted by molar-refractivity contribution is -0.117. The van der Waals surface area contributed by atoms with Crippen LogP contribution in [0.1, 0.15) is 24.0 Å². The maximum absolute atomic E-state index is 13.7. The smallest absolute Gasteiger partial charge is 0.248 e. The molecule has 0 bridgehead atoms. The first-order chi connectivity index (χ1) is 13.0. The molecule has 6 heteroatoms. The molecule has 1 saturated heterocycles. The SMILES string of the molecule is COc1ccc(/C=C/C(=O)Nc2ccc(N3CCCC3=O)c(C)c2)cc1F. The topological polar surface area (TPSA) is 58.6 Å². The molecule has 0 spiro atoms. The standard InChI is InChI=1S/C21H21FN2O3/c1-14-12-16(7-8-18(14)24-11-3-4-21(24)26)23-20(25)10-6-15-5-9-19(27-2)17(22)13-15/h5-10,12-13H,3-4,11H2,1-2H3,(H,23,25)/b10-6+. The molecule has 140 valence electrons. The van der Waals surface area contributed by atoms with Gasteiger partial charge in [0.15, 0.2) is 11.6 Å². The van der Waals surface area contributed by atoms with E-state index in [1.807, 2.05) is 19.1 Å². The van der Waals surface area contributed by atoms with Gasteiger partial charge in [-0.2, -0.15) is 0 Å². The first kappa shape index (κ1) is 18.6. The summed E-state index contributed by atoms with van der Waals surface area (Å²) in [4.78, 5) is 25.8. The van der Waals surface area contributed by atoms with Crippen LogP contribution < -0.4 is 15.0 Å². The lowest BCUT2D eigenvalue weighted by Gasteiger charge is -2.19. The largest absolute Gasteiger partial charge is 0.494 e. The molecule has 3 rings (SSSR count). The summed E-state index contributed by atoms with van der Waals surface area (Å²) < 4.78 is 18.5. The van der Waals surface area contributed by atoms with Gasteiger partial charge >= 0.3 is 0 Å². The molecule has 0 aromatic heterocycles. The van der Waals surface area contributed by atoms with Crippen LogP contribution in [0.5, 0.6) is 5.75 Å². The molecule has 0 atom stereocenters. The fourth-order valence-electron chi connectivity index (χ4n) is 3.08. The van der Waals surface area contributed by atoms with Gasteiger partial charge in [0.05, 0.1) is 7.11 Å². The number of benzene rings is 2. The van der Waals surface area contributed by atoms with Crippen LogP contribution in [0.25, 0.3) is 6.08 Å². The van der Waals surface area contributed by atoms with Crippen LogP contribution in [0, 0.1) is 12.7 Å². The molecule has 2 aromatic rings. The van der Waals surface area contributed by atoms with Crippen LogP contribution >= 0.6 is 0 Å². The Kier molecular flexibility index (Phi) is 5.54. The van der Waals surface area contributed by atoms with E-state index in [2.05, 4.69) is 5.32 Å². The van der Waals surface area contributed by atoms with Crippen LogP contribution in [0.3, 0.4) is 0 Å². The number of hydrogen-bond donors (Lipinski definition) is 1. The third-order valence-electron chi connectivity index (χ3n) is 4.43. The van der Waals surface area contributed by atoms with E-state index >= 15 is 0 Å². The molecule has 1 fully saturated rings. The number of carbonyl (C=O) groups is 2. The van der Waals surface area contributed by atoms with Crippen molar-refractivity contribution in [3.05, 3.63) is 59.4 Å². The monoisotopic (exact) mass is 368 g/mol. The van der Waals surface area contributed by atoms with E-state index in [0.717, 1.165) is 24.2 Å². The second-order valence-electron chi connectivity index (χ2n) is 6.37. The molecule has 0 saturated carbocycles. The number of carbonyl (C=O) groups excluding carboxylic acids is 2. The van der Waals surface area contributed by atoms with Crippen molar-refractivity contribution in [2.45, 2.75) is 19.8 Å². The summed E-state index contributed by atoms with van der Waals surface area (Å²) in [5.74, 6) is -0.522. The zero-order valence-electron chi connectivity index (χ0n) is 15.3. The molecule has 1 aliphatic heterocycles. The first-order valence-electron chi connectivity index (χ1n) is 8.71. The fraction of sp³-hybridized carbons (Fsp3) is 0.238. The highest BCUT2D eigenvalue weighted by Gasteiger charge is 2.22. The Balaban J connectivity index is 1.66.